The van der Waals surface area contributed by atoms with Gasteiger partial charge in [-0.3, -0.25) is 0 Å². The van der Waals surface area contributed by atoms with Crippen molar-refractivity contribution in [2.45, 2.75) is 51.1 Å². The lowest BCUT2D eigenvalue weighted by atomic mass is 9.73. The van der Waals surface area contributed by atoms with Crippen LogP contribution in [-0.4, -0.2) is 13.2 Å². The number of hydrogen-bond donors (Lipinski definition) is 1. The van der Waals surface area contributed by atoms with E-state index in [1.54, 1.807) is 12.7 Å². The first kappa shape index (κ1) is 11.1. The van der Waals surface area contributed by atoms with E-state index in [-0.39, 0.29) is 0 Å². The summed E-state index contributed by atoms with van der Waals surface area (Å²) in [6.45, 7) is 3.30. The van der Waals surface area contributed by atoms with Crippen LogP contribution < -0.4 is 10.1 Å². The van der Waals surface area contributed by atoms with Crippen LogP contribution in [0.5, 0.6) is 5.75 Å². The number of methoxy groups -OCH3 is 1. The van der Waals surface area contributed by atoms with Gasteiger partial charge in [0.2, 0.25) is 0 Å². The van der Waals surface area contributed by atoms with Crippen molar-refractivity contribution < 1.29 is 4.74 Å². The van der Waals surface area contributed by atoms with Crippen LogP contribution in [0.15, 0.2) is 12.1 Å². The van der Waals surface area contributed by atoms with Gasteiger partial charge < -0.3 is 10.1 Å². The van der Waals surface area contributed by atoms with Crippen molar-refractivity contribution in [2.75, 3.05) is 7.11 Å². The first-order valence-electron chi connectivity index (χ1n) is 6.76. The molecular weight excluding hydrogens is 210 g/mol. The summed E-state index contributed by atoms with van der Waals surface area (Å²) in [5, 5.41) is 3.68. The van der Waals surface area contributed by atoms with Crippen LogP contribution in [0, 0.1) is 0 Å². The van der Waals surface area contributed by atoms with E-state index in [2.05, 4.69) is 24.4 Å². The molecule has 0 saturated carbocycles. The zero-order chi connectivity index (χ0) is 11.8. The van der Waals surface area contributed by atoms with Crippen LogP contribution in [0.4, 0.5) is 0 Å². The molecule has 2 aliphatic rings. The minimum Gasteiger partial charge on any atom is -0.497 e. The summed E-state index contributed by atoms with van der Waals surface area (Å²) >= 11 is 0. The van der Waals surface area contributed by atoms with Crippen molar-refractivity contribution in [3.63, 3.8) is 0 Å². The van der Waals surface area contributed by atoms with E-state index in [1.807, 2.05) is 0 Å². The highest BCUT2D eigenvalue weighted by Gasteiger charge is 2.32. The Kier molecular flexibility index (Phi) is 2.83. The molecule has 2 unspecified atom stereocenters. The van der Waals surface area contributed by atoms with E-state index in [1.165, 1.54) is 36.8 Å². The highest BCUT2D eigenvalue weighted by atomic mass is 16.5. The lowest BCUT2D eigenvalue weighted by Gasteiger charge is -2.38. The van der Waals surface area contributed by atoms with Crippen molar-refractivity contribution >= 4 is 0 Å². The van der Waals surface area contributed by atoms with Gasteiger partial charge in [0.1, 0.15) is 5.75 Å². The predicted molar refractivity (Wildman–Crippen MR) is 69.6 cm³/mol. The molecule has 1 heterocycles. The summed E-state index contributed by atoms with van der Waals surface area (Å²) in [4.78, 5) is 0. The standard InChI is InChI=1S/C15H21NO/c1-3-14-13-6-4-5-10-7-12(17-2)8-11(9-16-14)15(10)13/h7-8,13-14,16H,3-6,9H2,1-2H3. The molecule has 92 valence electrons. The third kappa shape index (κ3) is 1.75. The average Bonchev–Trinajstić information content (AvgIpc) is 2.39. The summed E-state index contributed by atoms with van der Waals surface area (Å²) in [7, 11) is 1.76. The Bertz CT molecular complexity index is 410. The Morgan fingerprint density at radius 1 is 1.35 bits per heavy atom. The van der Waals surface area contributed by atoms with Gasteiger partial charge >= 0.3 is 0 Å². The summed E-state index contributed by atoms with van der Waals surface area (Å²) in [6, 6.07) is 5.15. The molecule has 0 spiro atoms. The topological polar surface area (TPSA) is 21.3 Å². The van der Waals surface area contributed by atoms with Gasteiger partial charge in [-0.1, -0.05) is 6.92 Å². The van der Waals surface area contributed by atoms with Crippen molar-refractivity contribution in [3.05, 3.63) is 28.8 Å². The molecule has 0 radical (unpaired) electrons. The highest BCUT2D eigenvalue weighted by molar-refractivity contribution is 5.47. The van der Waals surface area contributed by atoms with Gasteiger partial charge in [0.15, 0.2) is 0 Å². The zero-order valence-electron chi connectivity index (χ0n) is 10.8. The molecule has 1 aliphatic heterocycles. The van der Waals surface area contributed by atoms with Crippen LogP contribution in [0.3, 0.4) is 0 Å². The monoisotopic (exact) mass is 231 g/mol. The fraction of sp³-hybridized carbons (Fsp3) is 0.600. The molecule has 0 saturated heterocycles. The van der Waals surface area contributed by atoms with Crippen LogP contribution in [0.1, 0.15) is 48.8 Å². The Hall–Kier alpha value is -1.02. The molecule has 0 amide bonds. The van der Waals surface area contributed by atoms with Crippen molar-refractivity contribution in [1.29, 1.82) is 0 Å². The van der Waals surface area contributed by atoms with Crippen LogP contribution in [0.2, 0.25) is 0 Å². The number of ether oxygens (including phenoxy) is 1. The number of hydrogen-bond acceptors (Lipinski definition) is 2. The van der Waals surface area contributed by atoms with Gasteiger partial charge in [0, 0.05) is 12.6 Å². The highest BCUT2D eigenvalue weighted by Crippen LogP contribution is 2.41. The maximum Gasteiger partial charge on any atom is 0.119 e. The molecule has 3 rings (SSSR count). The first-order chi connectivity index (χ1) is 8.33. The van der Waals surface area contributed by atoms with Gasteiger partial charge in [-0.15, -0.1) is 0 Å². The van der Waals surface area contributed by atoms with Crippen molar-refractivity contribution in [1.82, 2.24) is 5.32 Å². The van der Waals surface area contributed by atoms with Crippen molar-refractivity contribution in [2.24, 2.45) is 0 Å². The molecule has 2 heteroatoms. The van der Waals surface area contributed by atoms with Gasteiger partial charge in [0.05, 0.1) is 7.11 Å². The minimum absolute atomic E-state index is 0.676. The third-order valence-corrected chi connectivity index (χ3v) is 4.37. The molecular formula is C15H21NO. The lowest BCUT2D eigenvalue weighted by molar-refractivity contribution is 0.352. The Labute approximate surface area is 103 Å². The fourth-order valence-corrected chi connectivity index (χ4v) is 3.57. The smallest absolute Gasteiger partial charge is 0.119 e. The van der Waals surface area contributed by atoms with E-state index < -0.39 is 0 Å². The van der Waals surface area contributed by atoms with E-state index in [9.17, 15) is 0 Å². The van der Waals surface area contributed by atoms with E-state index in [4.69, 9.17) is 4.74 Å². The first-order valence-corrected chi connectivity index (χ1v) is 6.76. The van der Waals surface area contributed by atoms with Gasteiger partial charge in [-0.2, -0.15) is 0 Å². The summed E-state index contributed by atoms with van der Waals surface area (Å²) < 4.78 is 5.41. The molecule has 0 bridgehead atoms. The molecule has 1 aromatic carbocycles. The SMILES string of the molecule is CCC1NCc2cc(OC)cc3c2C1CCC3. The van der Waals surface area contributed by atoms with E-state index in [0.717, 1.165) is 18.2 Å². The van der Waals surface area contributed by atoms with Crippen LogP contribution in [0.25, 0.3) is 0 Å². The summed E-state index contributed by atoms with van der Waals surface area (Å²) in [5.41, 5.74) is 4.65. The molecule has 0 fully saturated rings. The van der Waals surface area contributed by atoms with Crippen LogP contribution >= 0.6 is 0 Å². The van der Waals surface area contributed by atoms with Gasteiger partial charge in [0.25, 0.3) is 0 Å². The minimum atomic E-state index is 0.676. The Morgan fingerprint density at radius 3 is 2.94 bits per heavy atom. The number of benzene rings is 1. The van der Waals surface area contributed by atoms with E-state index in [0.29, 0.717) is 6.04 Å². The maximum absolute atomic E-state index is 5.41. The molecule has 0 aromatic heterocycles. The molecule has 1 aromatic rings. The number of rotatable bonds is 2. The quantitative estimate of drug-likeness (QED) is 0.845. The predicted octanol–water partition coefficient (Wildman–Crippen LogP) is 3.00. The number of nitrogens with one attached hydrogen (secondary N) is 1. The lowest BCUT2D eigenvalue weighted by Crippen LogP contribution is -2.40. The molecule has 1 N–H and O–H groups in total. The second kappa shape index (κ2) is 4.34. The largest absolute Gasteiger partial charge is 0.497 e. The summed E-state index contributed by atoms with van der Waals surface area (Å²) in [5.74, 6) is 1.76. The second-order valence-corrected chi connectivity index (χ2v) is 5.25. The molecule has 2 nitrogen and oxygen atoms in total. The molecule has 2 atom stereocenters. The second-order valence-electron chi connectivity index (χ2n) is 5.25. The van der Waals surface area contributed by atoms with Crippen molar-refractivity contribution in [3.8, 4) is 5.75 Å². The zero-order valence-corrected chi connectivity index (χ0v) is 10.8. The maximum atomic E-state index is 5.41. The average molecular weight is 231 g/mol. The summed E-state index contributed by atoms with van der Waals surface area (Å²) in [6.07, 6.45) is 5.13. The molecule has 1 aliphatic carbocycles. The Morgan fingerprint density at radius 2 is 2.18 bits per heavy atom. The fourth-order valence-electron chi connectivity index (χ4n) is 3.57. The van der Waals surface area contributed by atoms with Gasteiger partial charge in [-0.05, 0) is 60.4 Å². The third-order valence-electron chi connectivity index (χ3n) is 4.37. The number of aryl methyl sites for hydroxylation is 1. The van der Waals surface area contributed by atoms with E-state index >= 15 is 0 Å². The normalized spacial score (nSPS) is 26.5. The van der Waals surface area contributed by atoms with Crippen LogP contribution in [-0.2, 0) is 13.0 Å². The Balaban J connectivity index is 2.09. The van der Waals surface area contributed by atoms with Gasteiger partial charge in [-0.25, -0.2) is 0 Å². The molecule has 17 heavy (non-hydrogen) atoms.